The van der Waals surface area contributed by atoms with Crippen LogP contribution in [0.3, 0.4) is 0 Å². The van der Waals surface area contributed by atoms with Crippen molar-refractivity contribution in [1.29, 1.82) is 0 Å². The number of benzene rings is 1. The fourth-order valence-corrected chi connectivity index (χ4v) is 1.22. The van der Waals surface area contributed by atoms with E-state index in [0.29, 0.717) is 5.76 Å². The number of rotatable bonds is 4. The second-order valence-electron chi connectivity index (χ2n) is 3.14. The van der Waals surface area contributed by atoms with Gasteiger partial charge in [0.15, 0.2) is 11.5 Å². The molecule has 1 heterocycles. The monoisotopic (exact) mass is 238 g/mol. The summed E-state index contributed by atoms with van der Waals surface area (Å²) in [6, 6.07) is 4.55. The average molecular weight is 238 g/mol. The van der Waals surface area contributed by atoms with E-state index in [-0.39, 0.29) is 18.0 Å². The summed E-state index contributed by atoms with van der Waals surface area (Å²) in [5.41, 5.74) is -0.300. The first kappa shape index (κ1) is 11.1. The number of aromatic nitrogens is 1. The Morgan fingerprint density at radius 1 is 1.47 bits per heavy atom. The first-order chi connectivity index (χ1) is 8.16. The fraction of sp³-hybridized carbons (Fsp3) is 0.100. The summed E-state index contributed by atoms with van der Waals surface area (Å²) in [5.74, 6) is -0.363. The Balaban J connectivity index is 2.19. The second-order valence-corrected chi connectivity index (χ2v) is 3.14. The van der Waals surface area contributed by atoms with Crippen LogP contribution in [-0.4, -0.2) is 10.1 Å². The van der Waals surface area contributed by atoms with Crippen molar-refractivity contribution in [3.63, 3.8) is 0 Å². The summed E-state index contributed by atoms with van der Waals surface area (Å²) in [6.07, 6.45) is 1.42. The van der Waals surface area contributed by atoms with Gasteiger partial charge in [0.05, 0.1) is 11.1 Å². The van der Waals surface area contributed by atoms with Crippen molar-refractivity contribution in [3.05, 3.63) is 52.2 Å². The van der Waals surface area contributed by atoms with Crippen LogP contribution < -0.4 is 4.74 Å². The lowest BCUT2D eigenvalue weighted by Crippen LogP contribution is -1.98. The molecule has 6 nitrogen and oxygen atoms in total. The van der Waals surface area contributed by atoms with Crippen LogP contribution in [0.2, 0.25) is 0 Å². The molecule has 0 amide bonds. The largest absolute Gasteiger partial charge is 0.478 e. The van der Waals surface area contributed by atoms with Crippen LogP contribution in [0.25, 0.3) is 0 Å². The van der Waals surface area contributed by atoms with Crippen LogP contribution in [0.5, 0.6) is 5.75 Å². The van der Waals surface area contributed by atoms with Crippen molar-refractivity contribution >= 4 is 5.69 Å². The van der Waals surface area contributed by atoms with Crippen molar-refractivity contribution in [3.8, 4) is 5.75 Å². The molecule has 0 spiro atoms. The van der Waals surface area contributed by atoms with Gasteiger partial charge in [0.2, 0.25) is 0 Å². The van der Waals surface area contributed by atoms with Crippen LogP contribution in [0, 0.1) is 15.9 Å². The van der Waals surface area contributed by atoms with E-state index in [1.54, 1.807) is 6.07 Å². The highest BCUT2D eigenvalue weighted by molar-refractivity contribution is 5.46. The molecule has 17 heavy (non-hydrogen) atoms. The highest BCUT2D eigenvalue weighted by atomic mass is 19.1. The number of nitro groups is 1. The predicted molar refractivity (Wildman–Crippen MR) is 53.9 cm³/mol. The lowest BCUT2D eigenvalue weighted by Gasteiger charge is -2.04. The standard InChI is InChI=1S/C10H7FN2O4/c11-7-1-2-9(13(14)15)10(5-7)16-6-8-3-4-12-17-8/h1-5H,6H2. The normalized spacial score (nSPS) is 10.2. The number of hydrogen-bond donors (Lipinski definition) is 0. The molecular weight excluding hydrogens is 231 g/mol. The van der Waals surface area contributed by atoms with Crippen LogP contribution >= 0.6 is 0 Å². The summed E-state index contributed by atoms with van der Waals surface area (Å²) in [4.78, 5) is 10.0. The lowest BCUT2D eigenvalue weighted by molar-refractivity contribution is -0.386. The molecule has 2 rings (SSSR count). The zero-order valence-corrected chi connectivity index (χ0v) is 8.50. The van der Waals surface area contributed by atoms with Gasteiger partial charge in [-0.25, -0.2) is 4.39 Å². The quantitative estimate of drug-likeness (QED) is 0.603. The van der Waals surface area contributed by atoms with E-state index in [1.807, 2.05) is 0 Å². The van der Waals surface area contributed by atoms with Gasteiger partial charge in [-0.3, -0.25) is 10.1 Å². The molecule has 0 bridgehead atoms. The van der Waals surface area contributed by atoms with Gasteiger partial charge in [0.25, 0.3) is 0 Å². The number of nitrogens with zero attached hydrogens (tertiary/aromatic N) is 2. The van der Waals surface area contributed by atoms with Crippen molar-refractivity contribution in [2.24, 2.45) is 0 Å². The van der Waals surface area contributed by atoms with E-state index in [0.717, 1.165) is 18.2 Å². The highest BCUT2D eigenvalue weighted by Gasteiger charge is 2.16. The molecule has 0 unspecified atom stereocenters. The smallest absolute Gasteiger partial charge is 0.311 e. The van der Waals surface area contributed by atoms with Gasteiger partial charge < -0.3 is 9.26 Å². The molecule has 0 N–H and O–H groups in total. The summed E-state index contributed by atoms with van der Waals surface area (Å²) in [6.45, 7) is -0.0513. The molecule has 0 fully saturated rings. The molecule has 88 valence electrons. The molecule has 1 aromatic heterocycles. The summed E-state index contributed by atoms with van der Waals surface area (Å²) < 4.78 is 22.8. The van der Waals surface area contributed by atoms with Gasteiger partial charge in [-0.05, 0) is 6.07 Å². The van der Waals surface area contributed by atoms with E-state index in [9.17, 15) is 14.5 Å². The van der Waals surface area contributed by atoms with E-state index < -0.39 is 10.7 Å². The Labute approximate surface area is 94.8 Å². The van der Waals surface area contributed by atoms with Crippen LogP contribution in [0.4, 0.5) is 10.1 Å². The zero-order valence-electron chi connectivity index (χ0n) is 8.50. The van der Waals surface area contributed by atoms with Crippen molar-refractivity contribution in [2.45, 2.75) is 6.61 Å². The fourth-order valence-electron chi connectivity index (χ4n) is 1.22. The van der Waals surface area contributed by atoms with Gasteiger partial charge in [-0.15, -0.1) is 0 Å². The van der Waals surface area contributed by atoms with Crippen LogP contribution in [-0.2, 0) is 6.61 Å². The summed E-state index contributed by atoms with van der Waals surface area (Å²) in [7, 11) is 0. The minimum atomic E-state index is -0.644. The summed E-state index contributed by atoms with van der Waals surface area (Å²) >= 11 is 0. The molecule has 0 saturated heterocycles. The third-order valence-corrected chi connectivity index (χ3v) is 1.98. The summed E-state index contributed by atoms with van der Waals surface area (Å²) in [5, 5.41) is 14.1. The molecule has 0 radical (unpaired) electrons. The average Bonchev–Trinajstić information content (AvgIpc) is 2.78. The molecule has 0 saturated carbocycles. The number of hydrogen-bond acceptors (Lipinski definition) is 5. The Morgan fingerprint density at radius 3 is 2.94 bits per heavy atom. The van der Waals surface area contributed by atoms with Crippen LogP contribution in [0.15, 0.2) is 35.0 Å². The number of ether oxygens (including phenoxy) is 1. The maximum Gasteiger partial charge on any atom is 0.311 e. The van der Waals surface area contributed by atoms with Gasteiger partial charge >= 0.3 is 5.69 Å². The van der Waals surface area contributed by atoms with Gasteiger partial charge in [-0.2, -0.15) is 0 Å². The Morgan fingerprint density at radius 2 is 2.29 bits per heavy atom. The maximum absolute atomic E-state index is 12.9. The predicted octanol–water partition coefficient (Wildman–Crippen LogP) is 2.30. The Bertz CT molecular complexity index is 527. The van der Waals surface area contributed by atoms with Gasteiger partial charge in [0, 0.05) is 18.2 Å². The van der Waals surface area contributed by atoms with E-state index in [2.05, 4.69) is 5.16 Å². The van der Waals surface area contributed by atoms with Crippen LogP contribution in [0.1, 0.15) is 5.76 Å². The molecule has 2 aromatic rings. The molecule has 0 atom stereocenters. The minimum absolute atomic E-state index is 0.0513. The topological polar surface area (TPSA) is 78.4 Å². The lowest BCUT2D eigenvalue weighted by atomic mass is 10.3. The zero-order chi connectivity index (χ0) is 12.3. The van der Waals surface area contributed by atoms with E-state index in [1.165, 1.54) is 6.20 Å². The van der Waals surface area contributed by atoms with Crippen molar-refractivity contribution in [1.82, 2.24) is 5.16 Å². The molecule has 1 aromatic carbocycles. The third-order valence-electron chi connectivity index (χ3n) is 1.98. The first-order valence-corrected chi connectivity index (χ1v) is 4.63. The minimum Gasteiger partial charge on any atom is -0.478 e. The SMILES string of the molecule is O=[N+]([O-])c1ccc(F)cc1OCc1ccno1. The second kappa shape index (κ2) is 4.60. The van der Waals surface area contributed by atoms with E-state index >= 15 is 0 Å². The molecular formula is C10H7FN2O4. The Hall–Kier alpha value is -2.44. The maximum atomic E-state index is 12.9. The first-order valence-electron chi connectivity index (χ1n) is 4.63. The molecule has 0 aliphatic heterocycles. The van der Waals surface area contributed by atoms with Gasteiger partial charge in [-0.1, -0.05) is 5.16 Å². The van der Waals surface area contributed by atoms with Crippen molar-refractivity contribution < 1.29 is 18.6 Å². The van der Waals surface area contributed by atoms with Gasteiger partial charge in [0.1, 0.15) is 12.4 Å². The molecule has 7 heteroatoms. The highest BCUT2D eigenvalue weighted by Crippen LogP contribution is 2.28. The number of halogens is 1. The molecule has 0 aliphatic carbocycles. The third kappa shape index (κ3) is 2.57. The van der Waals surface area contributed by atoms with E-state index in [4.69, 9.17) is 9.26 Å². The number of nitro benzene ring substituents is 1. The Kier molecular flexibility index (Phi) is 2.99. The molecule has 0 aliphatic rings. The van der Waals surface area contributed by atoms with Crippen molar-refractivity contribution in [2.75, 3.05) is 0 Å².